The Bertz CT molecular complexity index is 1370. The highest BCUT2D eigenvalue weighted by Gasteiger charge is 2.45. The summed E-state index contributed by atoms with van der Waals surface area (Å²) in [5.74, 6) is -1.43. The Hall–Kier alpha value is -3.16. The van der Waals surface area contributed by atoms with Gasteiger partial charge in [-0.1, -0.05) is 32.0 Å². The number of nitrogens with one attached hydrogen (secondary N) is 1. The number of fused-ring (bicyclic) bond motifs is 1. The fraction of sp³-hybridized carbons (Fsp3) is 0.500. The lowest BCUT2D eigenvalue weighted by molar-refractivity contribution is -0.274. The third kappa shape index (κ3) is 7.38. The van der Waals surface area contributed by atoms with Gasteiger partial charge in [0.15, 0.2) is 0 Å². The number of ether oxygens (including phenoxy) is 1. The number of carbonyl (C=O) groups excluding carboxylic acids is 2. The monoisotopic (exact) mass is 596 g/mol. The first kappa shape index (κ1) is 30.8. The quantitative estimate of drug-likeness (QED) is 0.433. The van der Waals surface area contributed by atoms with E-state index in [-0.39, 0.29) is 24.0 Å². The van der Waals surface area contributed by atoms with Crippen LogP contribution in [0.4, 0.5) is 13.2 Å². The van der Waals surface area contributed by atoms with Crippen molar-refractivity contribution in [1.82, 2.24) is 14.5 Å². The number of amides is 2. The Kier molecular flexibility index (Phi) is 9.29. The van der Waals surface area contributed by atoms with Crippen LogP contribution in [0.25, 0.3) is 0 Å². The molecule has 2 atom stereocenters. The lowest BCUT2D eigenvalue weighted by Gasteiger charge is -2.44. The molecule has 9 nitrogen and oxygen atoms in total. The molecule has 224 valence electrons. The van der Waals surface area contributed by atoms with E-state index in [9.17, 15) is 31.2 Å². The Morgan fingerprint density at radius 1 is 1.15 bits per heavy atom. The lowest BCUT2D eigenvalue weighted by atomic mass is 9.85. The van der Waals surface area contributed by atoms with Crippen molar-refractivity contribution in [1.29, 1.82) is 0 Å². The Morgan fingerprint density at radius 3 is 2.49 bits per heavy atom. The first-order chi connectivity index (χ1) is 19.3. The number of benzene rings is 2. The normalized spacial score (nSPS) is 20.2. The summed E-state index contributed by atoms with van der Waals surface area (Å²) in [6.07, 6.45) is -3.05. The van der Waals surface area contributed by atoms with Gasteiger partial charge < -0.3 is 20.7 Å². The number of aryl methyl sites for hydroxylation is 1. The number of alkyl halides is 3. The molecule has 2 aromatic carbocycles. The second kappa shape index (κ2) is 12.4. The van der Waals surface area contributed by atoms with Crippen LogP contribution >= 0.6 is 0 Å². The Balaban J connectivity index is 1.56. The summed E-state index contributed by atoms with van der Waals surface area (Å²) in [6, 6.07) is 8.26. The summed E-state index contributed by atoms with van der Waals surface area (Å²) in [5.41, 5.74) is 8.71. The molecule has 0 radical (unpaired) electrons. The summed E-state index contributed by atoms with van der Waals surface area (Å²) in [6.45, 7) is 5.90. The van der Waals surface area contributed by atoms with Gasteiger partial charge in [0.25, 0.3) is 0 Å². The molecule has 13 heteroatoms. The van der Waals surface area contributed by atoms with E-state index < -0.39 is 46.4 Å². The molecule has 4 rings (SSSR count). The molecule has 2 aromatic rings. The van der Waals surface area contributed by atoms with Crippen molar-refractivity contribution >= 4 is 21.8 Å². The Labute approximate surface area is 237 Å². The standard InChI is InChI=1S/C28H35F3N4O5S/c1-18(2)16-33-17-19-6-11-23-20(14-19)4-3-5-24(23)34-12-13-35(25(27(34)37)15-26(32)36)41(38,39)22-9-7-21(8-10-22)40-28(29,30)31/h6-11,14,18,24-25,33H,3-5,12-13,15-17H2,1-2H3,(H2,32,36)/t24-,25?/m1/s1. The van der Waals surface area contributed by atoms with Gasteiger partial charge in [0.2, 0.25) is 21.8 Å². The molecular formula is C28H35F3N4O5S. The number of piperazine rings is 1. The van der Waals surface area contributed by atoms with Crippen LogP contribution in [0.1, 0.15) is 55.8 Å². The van der Waals surface area contributed by atoms with Crippen LogP contribution in [0.2, 0.25) is 0 Å². The molecule has 1 aliphatic carbocycles. The molecule has 1 heterocycles. The third-order valence-corrected chi connectivity index (χ3v) is 9.21. The summed E-state index contributed by atoms with van der Waals surface area (Å²) < 4.78 is 69.3. The van der Waals surface area contributed by atoms with Crippen molar-refractivity contribution in [3.8, 4) is 5.75 Å². The van der Waals surface area contributed by atoms with Crippen molar-refractivity contribution < 1.29 is 35.9 Å². The first-order valence-corrected chi connectivity index (χ1v) is 15.0. The molecule has 1 unspecified atom stereocenters. The molecule has 1 fully saturated rings. The molecule has 0 aromatic heterocycles. The molecule has 1 saturated heterocycles. The minimum Gasteiger partial charge on any atom is -0.406 e. The molecule has 1 aliphatic heterocycles. The number of rotatable bonds is 10. The SMILES string of the molecule is CC(C)CNCc1ccc2c(c1)CCC[C@H]2N1CCN(S(=O)(=O)c2ccc(OC(F)(F)F)cc2)C(CC(N)=O)C1=O. The molecule has 2 amide bonds. The molecule has 0 bridgehead atoms. The topological polar surface area (TPSA) is 122 Å². The number of hydrogen-bond donors (Lipinski definition) is 2. The summed E-state index contributed by atoms with van der Waals surface area (Å²) in [7, 11) is -4.35. The molecule has 41 heavy (non-hydrogen) atoms. The van der Waals surface area contributed by atoms with Crippen LogP contribution in [-0.2, 0) is 32.6 Å². The molecule has 3 N–H and O–H groups in total. The Morgan fingerprint density at radius 2 is 1.85 bits per heavy atom. The van der Waals surface area contributed by atoms with Crippen molar-refractivity contribution in [2.24, 2.45) is 11.7 Å². The largest absolute Gasteiger partial charge is 0.573 e. The van der Waals surface area contributed by atoms with Crippen molar-refractivity contribution in [3.63, 3.8) is 0 Å². The van der Waals surface area contributed by atoms with Crippen LogP contribution < -0.4 is 15.8 Å². The maximum Gasteiger partial charge on any atom is 0.573 e. The predicted molar refractivity (Wildman–Crippen MR) is 145 cm³/mol. The molecule has 2 aliphatic rings. The van der Waals surface area contributed by atoms with Gasteiger partial charge in [0.05, 0.1) is 17.4 Å². The van der Waals surface area contributed by atoms with E-state index in [0.717, 1.165) is 71.2 Å². The highest BCUT2D eigenvalue weighted by atomic mass is 32.2. The van der Waals surface area contributed by atoms with Crippen molar-refractivity contribution in [3.05, 3.63) is 59.2 Å². The van der Waals surface area contributed by atoms with Gasteiger partial charge in [-0.05, 0) is 72.7 Å². The summed E-state index contributed by atoms with van der Waals surface area (Å²) in [4.78, 5) is 27.1. The number of primary amides is 1. The van der Waals surface area contributed by atoms with Gasteiger partial charge in [0.1, 0.15) is 11.8 Å². The second-order valence-corrected chi connectivity index (χ2v) is 12.7. The fourth-order valence-electron chi connectivity index (χ4n) is 5.49. The van der Waals surface area contributed by atoms with Crippen LogP contribution in [0, 0.1) is 5.92 Å². The van der Waals surface area contributed by atoms with Gasteiger partial charge in [-0.15, -0.1) is 13.2 Å². The zero-order valence-electron chi connectivity index (χ0n) is 23.0. The first-order valence-electron chi connectivity index (χ1n) is 13.5. The molecule has 0 spiro atoms. The molecule has 0 saturated carbocycles. The highest BCUT2D eigenvalue weighted by Crippen LogP contribution is 2.38. The number of carbonyl (C=O) groups is 2. The average molecular weight is 597 g/mol. The van der Waals surface area contributed by atoms with Crippen LogP contribution in [0.3, 0.4) is 0 Å². The zero-order chi connectivity index (χ0) is 29.9. The predicted octanol–water partition coefficient (Wildman–Crippen LogP) is 3.49. The van der Waals surface area contributed by atoms with Crippen molar-refractivity contribution in [2.75, 3.05) is 19.6 Å². The van der Waals surface area contributed by atoms with E-state index in [1.165, 1.54) is 0 Å². The summed E-state index contributed by atoms with van der Waals surface area (Å²) in [5, 5.41) is 3.43. The average Bonchev–Trinajstić information content (AvgIpc) is 2.88. The fourth-order valence-corrected chi connectivity index (χ4v) is 7.07. The zero-order valence-corrected chi connectivity index (χ0v) is 23.8. The van der Waals surface area contributed by atoms with E-state index in [0.29, 0.717) is 12.3 Å². The molecular weight excluding hydrogens is 561 g/mol. The second-order valence-electron chi connectivity index (χ2n) is 10.8. The maximum absolute atomic E-state index is 13.8. The smallest absolute Gasteiger partial charge is 0.406 e. The minimum atomic E-state index is -4.93. The van der Waals surface area contributed by atoms with Crippen LogP contribution in [-0.4, -0.2) is 61.5 Å². The highest BCUT2D eigenvalue weighted by molar-refractivity contribution is 7.89. The van der Waals surface area contributed by atoms with Crippen LogP contribution in [0.5, 0.6) is 5.75 Å². The number of halogens is 3. The van der Waals surface area contributed by atoms with Crippen LogP contribution in [0.15, 0.2) is 47.4 Å². The van der Waals surface area contributed by atoms with E-state index in [4.69, 9.17) is 5.73 Å². The van der Waals surface area contributed by atoms with Gasteiger partial charge in [-0.2, -0.15) is 4.31 Å². The van der Waals surface area contributed by atoms with Gasteiger partial charge in [-0.3, -0.25) is 9.59 Å². The minimum absolute atomic E-state index is 0.0877. The van der Waals surface area contributed by atoms with E-state index in [1.54, 1.807) is 4.90 Å². The van der Waals surface area contributed by atoms with E-state index in [1.807, 2.05) is 12.1 Å². The number of hydrogen-bond acceptors (Lipinski definition) is 6. The third-order valence-electron chi connectivity index (χ3n) is 7.28. The summed E-state index contributed by atoms with van der Waals surface area (Å²) >= 11 is 0. The lowest BCUT2D eigenvalue weighted by Crippen LogP contribution is -2.60. The number of nitrogens with two attached hydrogens (primary N) is 1. The van der Waals surface area contributed by atoms with E-state index >= 15 is 0 Å². The number of sulfonamides is 1. The van der Waals surface area contributed by atoms with Gasteiger partial charge in [-0.25, -0.2) is 8.42 Å². The number of nitrogens with zero attached hydrogens (tertiary/aromatic N) is 2. The van der Waals surface area contributed by atoms with Gasteiger partial charge >= 0.3 is 6.36 Å². The van der Waals surface area contributed by atoms with Gasteiger partial charge in [0, 0.05) is 19.6 Å². The van der Waals surface area contributed by atoms with Crippen molar-refractivity contribution in [2.45, 2.75) is 69.4 Å². The van der Waals surface area contributed by atoms with E-state index in [2.05, 4.69) is 30.0 Å². The maximum atomic E-state index is 13.8.